The molecule has 0 bridgehead atoms. The molecule has 1 aliphatic carbocycles. The lowest BCUT2D eigenvalue weighted by atomic mass is 9.74. The van der Waals surface area contributed by atoms with Gasteiger partial charge in [-0.1, -0.05) is 18.2 Å². The minimum Gasteiger partial charge on any atom is -0.349 e. The maximum absolute atomic E-state index is 13.9. The number of nitrogens with one attached hydrogen (secondary N) is 1. The molecule has 0 aromatic heterocycles. The van der Waals surface area contributed by atoms with E-state index in [2.05, 4.69) is 5.32 Å². The van der Waals surface area contributed by atoms with Gasteiger partial charge in [-0.25, -0.2) is 13.2 Å². The summed E-state index contributed by atoms with van der Waals surface area (Å²) in [6.07, 6.45) is 1.38. The third-order valence-corrected chi connectivity index (χ3v) is 4.40. The molecular weight excluding hydrogens is 303 g/mol. The Labute approximate surface area is 132 Å². The SMILES string of the molecule is Cc1cccc(F)c1C(=O)N[C@H]1CC[C@H]1c1ccc(F)cc1F. The van der Waals surface area contributed by atoms with Crippen LogP contribution in [0.25, 0.3) is 0 Å². The third-order valence-electron chi connectivity index (χ3n) is 4.40. The lowest BCUT2D eigenvalue weighted by Crippen LogP contribution is -2.46. The first-order valence-corrected chi connectivity index (χ1v) is 7.48. The van der Waals surface area contributed by atoms with Crippen molar-refractivity contribution in [2.24, 2.45) is 0 Å². The zero-order valence-corrected chi connectivity index (χ0v) is 12.6. The van der Waals surface area contributed by atoms with Gasteiger partial charge in [0.2, 0.25) is 0 Å². The maximum atomic E-state index is 13.9. The van der Waals surface area contributed by atoms with Crippen LogP contribution in [0, 0.1) is 24.4 Å². The first kappa shape index (κ1) is 15.6. The molecule has 120 valence electrons. The van der Waals surface area contributed by atoms with Crippen molar-refractivity contribution in [1.82, 2.24) is 5.32 Å². The van der Waals surface area contributed by atoms with E-state index in [1.54, 1.807) is 19.1 Å². The first-order chi connectivity index (χ1) is 11.0. The van der Waals surface area contributed by atoms with Gasteiger partial charge in [0.15, 0.2) is 0 Å². The standard InChI is InChI=1S/C18H16F3NO/c1-10-3-2-4-14(20)17(10)18(23)22-16-8-7-13(16)12-6-5-11(19)9-15(12)21/h2-6,9,13,16H,7-8H2,1H3,(H,22,23)/t13-,16-/m0/s1. The Morgan fingerprint density at radius 2 is 1.87 bits per heavy atom. The highest BCUT2D eigenvalue weighted by Crippen LogP contribution is 2.38. The highest BCUT2D eigenvalue weighted by Gasteiger charge is 2.35. The number of carbonyl (C=O) groups is 1. The predicted molar refractivity (Wildman–Crippen MR) is 80.7 cm³/mol. The van der Waals surface area contributed by atoms with Crippen molar-refractivity contribution in [2.45, 2.75) is 31.7 Å². The van der Waals surface area contributed by atoms with Crippen molar-refractivity contribution in [2.75, 3.05) is 0 Å². The van der Waals surface area contributed by atoms with Crippen molar-refractivity contribution < 1.29 is 18.0 Å². The van der Waals surface area contributed by atoms with E-state index in [0.29, 0.717) is 24.0 Å². The van der Waals surface area contributed by atoms with Crippen molar-refractivity contribution in [3.05, 3.63) is 70.5 Å². The summed E-state index contributed by atoms with van der Waals surface area (Å²) in [6, 6.07) is 7.62. The number of benzene rings is 2. The van der Waals surface area contributed by atoms with E-state index in [0.717, 1.165) is 6.07 Å². The fourth-order valence-electron chi connectivity index (χ4n) is 3.01. The van der Waals surface area contributed by atoms with Gasteiger partial charge in [0, 0.05) is 18.0 Å². The summed E-state index contributed by atoms with van der Waals surface area (Å²) >= 11 is 0. The van der Waals surface area contributed by atoms with E-state index in [4.69, 9.17) is 0 Å². The van der Waals surface area contributed by atoms with Crippen LogP contribution in [-0.4, -0.2) is 11.9 Å². The Balaban J connectivity index is 1.77. The second-order valence-electron chi connectivity index (χ2n) is 5.86. The Hall–Kier alpha value is -2.30. The van der Waals surface area contributed by atoms with E-state index in [-0.39, 0.29) is 17.5 Å². The van der Waals surface area contributed by atoms with E-state index in [1.807, 2.05) is 0 Å². The molecule has 0 spiro atoms. The highest BCUT2D eigenvalue weighted by molar-refractivity contribution is 5.96. The van der Waals surface area contributed by atoms with Gasteiger partial charge in [0.1, 0.15) is 17.5 Å². The summed E-state index contributed by atoms with van der Waals surface area (Å²) < 4.78 is 40.7. The molecular formula is C18H16F3NO. The average Bonchev–Trinajstić information content (AvgIpc) is 2.46. The van der Waals surface area contributed by atoms with Crippen LogP contribution < -0.4 is 5.32 Å². The van der Waals surface area contributed by atoms with E-state index in [9.17, 15) is 18.0 Å². The molecule has 5 heteroatoms. The molecule has 0 aliphatic heterocycles. The molecule has 3 rings (SSSR count). The normalized spacial score (nSPS) is 20.0. The van der Waals surface area contributed by atoms with Crippen molar-refractivity contribution in [1.29, 1.82) is 0 Å². The molecule has 0 unspecified atom stereocenters. The first-order valence-electron chi connectivity index (χ1n) is 7.48. The monoisotopic (exact) mass is 319 g/mol. The average molecular weight is 319 g/mol. The number of aryl methyl sites for hydroxylation is 1. The summed E-state index contributed by atoms with van der Waals surface area (Å²) in [5.41, 5.74) is 0.942. The summed E-state index contributed by atoms with van der Waals surface area (Å²) in [7, 11) is 0. The molecule has 2 aromatic carbocycles. The molecule has 1 fully saturated rings. The van der Waals surface area contributed by atoms with Gasteiger partial charge in [-0.15, -0.1) is 0 Å². The van der Waals surface area contributed by atoms with Crippen LogP contribution in [0.1, 0.15) is 40.2 Å². The highest BCUT2D eigenvalue weighted by atomic mass is 19.1. The number of hydrogen-bond acceptors (Lipinski definition) is 1. The predicted octanol–water partition coefficient (Wildman–Crippen LogP) is 4.09. The summed E-state index contributed by atoms with van der Waals surface area (Å²) in [5.74, 6) is -2.54. The molecule has 2 nitrogen and oxygen atoms in total. The van der Waals surface area contributed by atoms with Gasteiger partial charge < -0.3 is 5.32 Å². The summed E-state index contributed by atoms with van der Waals surface area (Å²) in [6.45, 7) is 1.66. The van der Waals surface area contributed by atoms with Crippen LogP contribution in [0.5, 0.6) is 0 Å². The lowest BCUT2D eigenvalue weighted by Gasteiger charge is -2.37. The van der Waals surface area contributed by atoms with Crippen molar-refractivity contribution >= 4 is 5.91 Å². The number of hydrogen-bond donors (Lipinski definition) is 1. The topological polar surface area (TPSA) is 29.1 Å². The molecule has 23 heavy (non-hydrogen) atoms. The van der Waals surface area contributed by atoms with Gasteiger partial charge in [-0.3, -0.25) is 4.79 Å². The molecule has 1 amide bonds. The number of carbonyl (C=O) groups excluding carboxylic acids is 1. The van der Waals surface area contributed by atoms with Gasteiger partial charge >= 0.3 is 0 Å². The second-order valence-corrected chi connectivity index (χ2v) is 5.86. The van der Waals surface area contributed by atoms with Crippen LogP contribution in [0.15, 0.2) is 36.4 Å². The number of rotatable bonds is 3. The van der Waals surface area contributed by atoms with E-state index in [1.165, 1.54) is 18.2 Å². The molecule has 2 atom stereocenters. The second kappa shape index (κ2) is 6.07. The van der Waals surface area contributed by atoms with Crippen LogP contribution in [0.3, 0.4) is 0 Å². The van der Waals surface area contributed by atoms with Crippen molar-refractivity contribution in [3.8, 4) is 0 Å². The Bertz CT molecular complexity index is 740. The summed E-state index contributed by atoms with van der Waals surface area (Å²) in [5, 5.41) is 2.77. The van der Waals surface area contributed by atoms with Crippen LogP contribution in [0.4, 0.5) is 13.2 Å². The largest absolute Gasteiger partial charge is 0.349 e. The lowest BCUT2D eigenvalue weighted by molar-refractivity contribution is 0.0899. The molecule has 1 N–H and O–H groups in total. The Kier molecular flexibility index (Phi) is 4.11. The molecule has 2 aromatic rings. The maximum Gasteiger partial charge on any atom is 0.254 e. The molecule has 0 saturated heterocycles. The summed E-state index contributed by atoms with van der Waals surface area (Å²) in [4.78, 5) is 12.3. The van der Waals surface area contributed by atoms with Crippen molar-refractivity contribution in [3.63, 3.8) is 0 Å². The third kappa shape index (κ3) is 2.96. The van der Waals surface area contributed by atoms with Crippen LogP contribution >= 0.6 is 0 Å². The quantitative estimate of drug-likeness (QED) is 0.907. The molecule has 0 heterocycles. The Morgan fingerprint density at radius 1 is 1.09 bits per heavy atom. The smallest absolute Gasteiger partial charge is 0.254 e. The number of amides is 1. The van der Waals surface area contributed by atoms with Crippen LogP contribution in [0.2, 0.25) is 0 Å². The van der Waals surface area contributed by atoms with Gasteiger partial charge in [-0.2, -0.15) is 0 Å². The molecule has 1 saturated carbocycles. The van der Waals surface area contributed by atoms with Gasteiger partial charge in [-0.05, 0) is 43.0 Å². The fraction of sp³-hybridized carbons (Fsp3) is 0.278. The van der Waals surface area contributed by atoms with Gasteiger partial charge in [0.05, 0.1) is 5.56 Å². The van der Waals surface area contributed by atoms with E-state index >= 15 is 0 Å². The van der Waals surface area contributed by atoms with E-state index < -0.39 is 23.4 Å². The minimum absolute atomic E-state index is 0.0118. The van der Waals surface area contributed by atoms with Gasteiger partial charge in [0.25, 0.3) is 5.91 Å². The minimum atomic E-state index is -0.631. The Morgan fingerprint density at radius 3 is 2.48 bits per heavy atom. The molecule has 1 aliphatic rings. The molecule has 0 radical (unpaired) electrons. The van der Waals surface area contributed by atoms with Crippen LogP contribution in [-0.2, 0) is 0 Å². The fourth-order valence-corrected chi connectivity index (χ4v) is 3.01. The number of halogens is 3. The zero-order chi connectivity index (χ0) is 16.6. The zero-order valence-electron chi connectivity index (χ0n) is 12.6.